The molecule has 0 radical (unpaired) electrons. The highest BCUT2D eigenvalue weighted by Crippen LogP contribution is 2.36. The largest absolute Gasteiger partial charge is 0.393 e. The van der Waals surface area contributed by atoms with Crippen molar-refractivity contribution in [1.29, 1.82) is 0 Å². The van der Waals surface area contributed by atoms with E-state index < -0.39 is 41.9 Å². The van der Waals surface area contributed by atoms with Gasteiger partial charge in [-0.25, -0.2) is 9.18 Å². The first kappa shape index (κ1) is 14.2. The molecule has 7 nitrogen and oxygen atoms in total. The second kappa shape index (κ2) is 5.04. The summed E-state index contributed by atoms with van der Waals surface area (Å²) < 4.78 is 19.6. The third-order valence-corrected chi connectivity index (χ3v) is 3.59. The van der Waals surface area contributed by atoms with Crippen LogP contribution in [-0.2, 0) is 4.74 Å². The molecule has 1 aromatic heterocycles. The molecule has 0 unspecified atom stereocenters. The number of aromatic nitrogens is 2. The van der Waals surface area contributed by atoms with Crippen LogP contribution in [0.3, 0.4) is 0 Å². The minimum absolute atomic E-state index is 0.0157. The van der Waals surface area contributed by atoms with Crippen molar-refractivity contribution in [1.82, 2.24) is 9.55 Å². The average Bonchev–Trinajstić information content (AvgIpc) is 2.71. The topological polar surface area (TPSA) is 111 Å². The number of nitrogens with two attached hydrogens (primary N) is 1. The smallest absolute Gasteiger partial charge is 0.351 e. The number of anilines is 1. The standard InChI is InChI=1S/C10H13ClFN3O4/c11-3-10(4-16)6(17)1-7(19-10)15-2-5(12)8(13)14-9(15)18/h2,6-7,16-17H,1,3-4H2,(H2,13,14,18)/t6-,7+,10+/m0/s1. The van der Waals surface area contributed by atoms with Crippen molar-refractivity contribution < 1.29 is 19.3 Å². The van der Waals surface area contributed by atoms with Crippen LogP contribution in [0.2, 0.25) is 0 Å². The molecule has 2 heterocycles. The molecule has 106 valence electrons. The molecule has 19 heavy (non-hydrogen) atoms. The maximum atomic E-state index is 13.3. The van der Waals surface area contributed by atoms with Crippen molar-refractivity contribution in [2.24, 2.45) is 0 Å². The van der Waals surface area contributed by atoms with E-state index in [1.807, 2.05) is 0 Å². The second-order valence-corrected chi connectivity index (χ2v) is 4.61. The Bertz CT molecular complexity index is 534. The Morgan fingerprint density at radius 3 is 2.95 bits per heavy atom. The Morgan fingerprint density at radius 2 is 2.42 bits per heavy atom. The molecule has 1 fully saturated rings. The SMILES string of the molecule is Nc1nc(=O)n([C@H]2C[C@H](O)[C@](CO)(CCl)O2)cc1F. The Morgan fingerprint density at radius 1 is 1.74 bits per heavy atom. The molecular formula is C10H13ClFN3O4. The predicted octanol–water partition coefficient (Wildman–Crippen LogP) is -0.786. The molecule has 0 spiro atoms. The number of hydrogen-bond acceptors (Lipinski definition) is 6. The van der Waals surface area contributed by atoms with E-state index in [1.54, 1.807) is 0 Å². The summed E-state index contributed by atoms with van der Waals surface area (Å²) in [6.07, 6.45) is -1.20. The highest BCUT2D eigenvalue weighted by molar-refractivity contribution is 6.18. The van der Waals surface area contributed by atoms with Gasteiger partial charge in [0.2, 0.25) is 0 Å². The van der Waals surface area contributed by atoms with Gasteiger partial charge in [0.15, 0.2) is 11.6 Å². The Kier molecular flexibility index (Phi) is 3.77. The zero-order valence-corrected chi connectivity index (χ0v) is 10.5. The van der Waals surface area contributed by atoms with Gasteiger partial charge in [0, 0.05) is 6.42 Å². The van der Waals surface area contributed by atoms with Crippen LogP contribution in [0.15, 0.2) is 11.0 Å². The van der Waals surface area contributed by atoms with Crippen LogP contribution in [0.1, 0.15) is 12.6 Å². The molecule has 1 saturated heterocycles. The van der Waals surface area contributed by atoms with E-state index in [1.165, 1.54) is 0 Å². The minimum Gasteiger partial charge on any atom is -0.393 e. The number of nitrogen functional groups attached to an aromatic ring is 1. The quantitative estimate of drug-likeness (QED) is 0.630. The fourth-order valence-electron chi connectivity index (χ4n) is 1.94. The third kappa shape index (κ3) is 2.32. The van der Waals surface area contributed by atoms with Gasteiger partial charge in [0.25, 0.3) is 0 Å². The molecule has 1 aliphatic heterocycles. The number of hydrogen-bond donors (Lipinski definition) is 3. The number of nitrogens with zero attached hydrogens (tertiary/aromatic N) is 2. The van der Waals surface area contributed by atoms with Crippen LogP contribution < -0.4 is 11.4 Å². The lowest BCUT2D eigenvalue weighted by Gasteiger charge is -2.27. The van der Waals surface area contributed by atoms with E-state index >= 15 is 0 Å². The van der Waals surface area contributed by atoms with Gasteiger partial charge in [-0.3, -0.25) is 4.57 Å². The molecule has 9 heteroatoms. The highest BCUT2D eigenvalue weighted by Gasteiger charge is 2.48. The van der Waals surface area contributed by atoms with E-state index in [-0.39, 0.29) is 12.3 Å². The lowest BCUT2D eigenvalue weighted by atomic mass is 10.0. The third-order valence-electron chi connectivity index (χ3n) is 3.14. The second-order valence-electron chi connectivity index (χ2n) is 4.34. The van der Waals surface area contributed by atoms with Crippen LogP contribution in [0.5, 0.6) is 0 Å². The number of aliphatic hydroxyl groups is 2. The lowest BCUT2D eigenvalue weighted by Crippen LogP contribution is -2.45. The summed E-state index contributed by atoms with van der Waals surface area (Å²) in [6.45, 7) is -0.520. The molecule has 0 aliphatic carbocycles. The maximum absolute atomic E-state index is 13.3. The van der Waals surface area contributed by atoms with Crippen molar-refractivity contribution in [3.05, 3.63) is 22.5 Å². The zero-order valence-electron chi connectivity index (χ0n) is 9.79. The molecule has 3 atom stereocenters. The van der Waals surface area contributed by atoms with Gasteiger partial charge in [-0.15, -0.1) is 11.6 Å². The van der Waals surface area contributed by atoms with Gasteiger partial charge in [0.1, 0.15) is 11.8 Å². The first-order chi connectivity index (χ1) is 8.93. The van der Waals surface area contributed by atoms with Crippen LogP contribution in [0.4, 0.5) is 10.2 Å². The molecule has 0 aromatic carbocycles. The molecular weight excluding hydrogens is 281 g/mol. The Labute approximate surface area is 112 Å². The molecule has 2 rings (SSSR count). The molecule has 4 N–H and O–H groups in total. The molecule has 0 bridgehead atoms. The summed E-state index contributed by atoms with van der Waals surface area (Å²) in [6, 6.07) is 0. The highest BCUT2D eigenvalue weighted by atomic mass is 35.5. The first-order valence-corrected chi connectivity index (χ1v) is 6.04. The monoisotopic (exact) mass is 293 g/mol. The Balaban J connectivity index is 2.36. The lowest BCUT2D eigenvalue weighted by molar-refractivity contribution is -0.114. The van der Waals surface area contributed by atoms with Crippen molar-refractivity contribution in [2.75, 3.05) is 18.2 Å². The van der Waals surface area contributed by atoms with Gasteiger partial charge in [0.05, 0.1) is 24.8 Å². The molecule has 0 amide bonds. The summed E-state index contributed by atoms with van der Waals surface area (Å²) >= 11 is 5.67. The summed E-state index contributed by atoms with van der Waals surface area (Å²) in [5.74, 6) is -1.54. The normalized spacial score (nSPS) is 30.7. The van der Waals surface area contributed by atoms with Crippen molar-refractivity contribution in [3.63, 3.8) is 0 Å². The van der Waals surface area contributed by atoms with Gasteiger partial charge in [-0.05, 0) is 0 Å². The van der Waals surface area contributed by atoms with E-state index in [4.69, 9.17) is 22.1 Å². The van der Waals surface area contributed by atoms with Crippen LogP contribution in [0, 0.1) is 5.82 Å². The number of ether oxygens (including phenoxy) is 1. The van der Waals surface area contributed by atoms with Gasteiger partial charge >= 0.3 is 5.69 Å². The van der Waals surface area contributed by atoms with Crippen LogP contribution in [-0.4, -0.2) is 44.0 Å². The predicted molar refractivity (Wildman–Crippen MR) is 64.2 cm³/mol. The van der Waals surface area contributed by atoms with E-state index in [0.717, 1.165) is 10.8 Å². The van der Waals surface area contributed by atoms with E-state index in [0.29, 0.717) is 0 Å². The van der Waals surface area contributed by atoms with Gasteiger partial charge in [-0.1, -0.05) is 0 Å². The van der Waals surface area contributed by atoms with Crippen molar-refractivity contribution >= 4 is 17.4 Å². The molecule has 0 saturated carbocycles. The fraction of sp³-hybridized carbons (Fsp3) is 0.600. The fourth-order valence-corrected chi connectivity index (χ4v) is 2.27. The number of rotatable bonds is 3. The zero-order chi connectivity index (χ0) is 14.2. The summed E-state index contributed by atoms with van der Waals surface area (Å²) in [5.41, 5.74) is 2.99. The average molecular weight is 294 g/mol. The summed E-state index contributed by atoms with van der Waals surface area (Å²) in [5, 5.41) is 19.1. The Hall–Kier alpha value is -1.22. The number of aliphatic hydroxyl groups excluding tert-OH is 2. The van der Waals surface area contributed by atoms with Crippen molar-refractivity contribution in [2.45, 2.75) is 24.4 Å². The molecule has 1 aromatic rings. The van der Waals surface area contributed by atoms with Crippen LogP contribution >= 0.6 is 11.6 Å². The number of halogens is 2. The molecule has 1 aliphatic rings. The summed E-state index contributed by atoms with van der Waals surface area (Å²) in [7, 11) is 0. The first-order valence-electron chi connectivity index (χ1n) is 5.50. The van der Waals surface area contributed by atoms with Gasteiger partial charge in [-0.2, -0.15) is 4.98 Å². The van der Waals surface area contributed by atoms with E-state index in [2.05, 4.69) is 4.98 Å². The van der Waals surface area contributed by atoms with E-state index in [9.17, 15) is 19.4 Å². The number of alkyl halides is 1. The van der Waals surface area contributed by atoms with Crippen LogP contribution in [0.25, 0.3) is 0 Å². The van der Waals surface area contributed by atoms with Crippen molar-refractivity contribution in [3.8, 4) is 0 Å². The minimum atomic E-state index is -1.37. The summed E-state index contributed by atoms with van der Waals surface area (Å²) in [4.78, 5) is 14.9. The maximum Gasteiger partial charge on any atom is 0.351 e. The van der Waals surface area contributed by atoms with Gasteiger partial charge < -0.3 is 20.7 Å².